The predicted molar refractivity (Wildman–Crippen MR) is 51.1 cm³/mol. The Balaban J connectivity index is 2.16. The molecule has 0 aromatic carbocycles. The molecule has 1 N–H and O–H groups in total. The number of aliphatic hydroxyl groups is 1. The first-order valence-electron chi connectivity index (χ1n) is 4.92. The van der Waals surface area contributed by atoms with Crippen molar-refractivity contribution in [2.45, 2.75) is 39.2 Å². The van der Waals surface area contributed by atoms with Crippen molar-refractivity contribution in [2.24, 2.45) is 5.92 Å². The molecule has 12 heavy (non-hydrogen) atoms. The molecule has 1 atom stereocenters. The lowest BCUT2D eigenvalue weighted by atomic mass is 10.1. The fourth-order valence-corrected chi connectivity index (χ4v) is 1.66. The Bertz CT molecular complexity index is 139. The van der Waals surface area contributed by atoms with Crippen molar-refractivity contribution >= 4 is 0 Å². The van der Waals surface area contributed by atoms with Crippen molar-refractivity contribution in [3.05, 3.63) is 0 Å². The lowest BCUT2D eigenvalue weighted by Crippen LogP contribution is -2.29. The molecule has 1 fully saturated rings. The Labute approximate surface area is 75.6 Å². The number of rotatable bonds is 3. The second-order valence-electron chi connectivity index (χ2n) is 4.76. The second-order valence-corrected chi connectivity index (χ2v) is 4.76. The highest BCUT2D eigenvalue weighted by Crippen LogP contribution is 2.17. The molecule has 0 radical (unpaired) electrons. The third-order valence-corrected chi connectivity index (χ3v) is 2.55. The summed E-state index contributed by atoms with van der Waals surface area (Å²) in [5.74, 6) is 0.854. The molecule has 2 heteroatoms. The first-order chi connectivity index (χ1) is 5.47. The van der Waals surface area contributed by atoms with Crippen molar-refractivity contribution in [1.82, 2.24) is 4.90 Å². The Morgan fingerprint density at radius 3 is 2.58 bits per heavy atom. The van der Waals surface area contributed by atoms with E-state index in [1.165, 1.54) is 19.5 Å². The van der Waals surface area contributed by atoms with Gasteiger partial charge in [0.25, 0.3) is 0 Å². The van der Waals surface area contributed by atoms with Crippen molar-refractivity contribution in [2.75, 3.05) is 19.6 Å². The summed E-state index contributed by atoms with van der Waals surface area (Å²) < 4.78 is 0. The molecule has 0 aromatic heterocycles. The molecule has 1 aliphatic rings. The summed E-state index contributed by atoms with van der Waals surface area (Å²) in [5, 5.41) is 9.52. The van der Waals surface area contributed by atoms with Gasteiger partial charge in [0, 0.05) is 13.1 Å². The second kappa shape index (κ2) is 3.75. The topological polar surface area (TPSA) is 23.5 Å². The summed E-state index contributed by atoms with van der Waals surface area (Å²) in [6, 6.07) is 0. The van der Waals surface area contributed by atoms with E-state index in [9.17, 15) is 5.11 Å². The van der Waals surface area contributed by atoms with Crippen LogP contribution < -0.4 is 0 Å². The number of hydrogen-bond donors (Lipinski definition) is 1. The fourth-order valence-electron chi connectivity index (χ4n) is 1.66. The third kappa shape index (κ3) is 3.55. The van der Waals surface area contributed by atoms with Gasteiger partial charge in [-0.1, -0.05) is 6.92 Å². The molecule has 1 heterocycles. The molecular formula is C10H21NO. The Morgan fingerprint density at radius 1 is 1.50 bits per heavy atom. The summed E-state index contributed by atoms with van der Waals surface area (Å²) in [5.41, 5.74) is -0.494. The quantitative estimate of drug-likeness (QED) is 0.695. The van der Waals surface area contributed by atoms with Crippen LogP contribution in [-0.2, 0) is 0 Å². The molecule has 0 spiro atoms. The maximum Gasteiger partial charge on any atom is 0.0603 e. The molecule has 1 rings (SSSR count). The highest BCUT2D eigenvalue weighted by Gasteiger charge is 2.20. The van der Waals surface area contributed by atoms with E-state index in [0.717, 1.165) is 18.9 Å². The molecule has 0 saturated carbocycles. The van der Waals surface area contributed by atoms with Crippen molar-refractivity contribution in [3.63, 3.8) is 0 Å². The minimum atomic E-state index is -0.494. The van der Waals surface area contributed by atoms with E-state index in [0.29, 0.717) is 0 Å². The van der Waals surface area contributed by atoms with Gasteiger partial charge < -0.3 is 10.0 Å². The van der Waals surface area contributed by atoms with Crippen LogP contribution in [0.3, 0.4) is 0 Å². The highest BCUT2D eigenvalue weighted by molar-refractivity contribution is 4.75. The van der Waals surface area contributed by atoms with Gasteiger partial charge in [-0.05, 0) is 39.2 Å². The summed E-state index contributed by atoms with van der Waals surface area (Å²) in [6.45, 7) is 9.55. The molecule has 0 aliphatic carbocycles. The molecule has 0 aromatic rings. The number of hydrogen-bond acceptors (Lipinski definition) is 2. The van der Waals surface area contributed by atoms with E-state index in [-0.39, 0.29) is 0 Å². The number of likely N-dealkylation sites (tertiary alicyclic amines) is 1. The first kappa shape index (κ1) is 10.0. The fraction of sp³-hybridized carbons (Fsp3) is 1.00. The van der Waals surface area contributed by atoms with E-state index >= 15 is 0 Å². The van der Waals surface area contributed by atoms with Crippen LogP contribution in [0, 0.1) is 5.92 Å². The van der Waals surface area contributed by atoms with Crippen molar-refractivity contribution in [1.29, 1.82) is 0 Å². The van der Waals surface area contributed by atoms with Gasteiger partial charge in [-0.25, -0.2) is 0 Å². The summed E-state index contributed by atoms with van der Waals surface area (Å²) in [4.78, 5) is 2.45. The SMILES string of the molecule is CC1CCN(CCC(C)(C)O)C1. The van der Waals surface area contributed by atoms with Gasteiger partial charge in [-0.3, -0.25) is 0 Å². The van der Waals surface area contributed by atoms with Crippen molar-refractivity contribution in [3.8, 4) is 0 Å². The van der Waals surface area contributed by atoms with Gasteiger partial charge in [0.05, 0.1) is 5.60 Å². The first-order valence-corrected chi connectivity index (χ1v) is 4.92. The minimum Gasteiger partial charge on any atom is -0.390 e. The van der Waals surface area contributed by atoms with Gasteiger partial charge in [-0.15, -0.1) is 0 Å². The van der Waals surface area contributed by atoms with E-state index in [4.69, 9.17) is 0 Å². The van der Waals surface area contributed by atoms with E-state index < -0.39 is 5.60 Å². The van der Waals surface area contributed by atoms with E-state index in [1.54, 1.807) is 0 Å². The van der Waals surface area contributed by atoms with Gasteiger partial charge >= 0.3 is 0 Å². The number of nitrogens with zero attached hydrogens (tertiary/aromatic N) is 1. The van der Waals surface area contributed by atoms with Gasteiger partial charge in [-0.2, -0.15) is 0 Å². The average Bonchev–Trinajstić information content (AvgIpc) is 2.30. The van der Waals surface area contributed by atoms with Crippen LogP contribution in [0.5, 0.6) is 0 Å². The Hall–Kier alpha value is -0.0800. The Morgan fingerprint density at radius 2 is 2.17 bits per heavy atom. The monoisotopic (exact) mass is 171 g/mol. The van der Waals surface area contributed by atoms with Crippen LogP contribution in [0.15, 0.2) is 0 Å². The molecule has 1 aliphatic heterocycles. The largest absolute Gasteiger partial charge is 0.390 e. The van der Waals surface area contributed by atoms with Gasteiger partial charge in [0.2, 0.25) is 0 Å². The third-order valence-electron chi connectivity index (χ3n) is 2.55. The summed E-state index contributed by atoms with van der Waals surface area (Å²) >= 11 is 0. The normalized spacial score (nSPS) is 26.5. The van der Waals surface area contributed by atoms with Gasteiger partial charge in [0.1, 0.15) is 0 Å². The molecule has 1 unspecified atom stereocenters. The zero-order valence-electron chi connectivity index (χ0n) is 8.51. The highest BCUT2D eigenvalue weighted by atomic mass is 16.3. The van der Waals surface area contributed by atoms with Crippen LogP contribution >= 0.6 is 0 Å². The standard InChI is InChI=1S/C10H21NO/c1-9-4-6-11(8-9)7-5-10(2,3)12/h9,12H,4-8H2,1-3H3. The zero-order valence-corrected chi connectivity index (χ0v) is 8.51. The predicted octanol–water partition coefficient (Wildman–Crippen LogP) is 1.49. The minimum absolute atomic E-state index is 0.494. The molecule has 0 bridgehead atoms. The van der Waals surface area contributed by atoms with Gasteiger partial charge in [0.15, 0.2) is 0 Å². The molecule has 2 nitrogen and oxygen atoms in total. The molecular weight excluding hydrogens is 150 g/mol. The maximum absolute atomic E-state index is 9.52. The smallest absolute Gasteiger partial charge is 0.0603 e. The zero-order chi connectivity index (χ0) is 9.19. The van der Waals surface area contributed by atoms with Crippen LogP contribution in [0.4, 0.5) is 0 Å². The van der Waals surface area contributed by atoms with E-state index in [1.807, 2.05) is 13.8 Å². The average molecular weight is 171 g/mol. The van der Waals surface area contributed by atoms with Crippen molar-refractivity contribution < 1.29 is 5.11 Å². The lowest BCUT2D eigenvalue weighted by Gasteiger charge is -2.22. The maximum atomic E-state index is 9.52. The Kier molecular flexibility index (Phi) is 3.13. The lowest BCUT2D eigenvalue weighted by molar-refractivity contribution is 0.0602. The van der Waals surface area contributed by atoms with Crippen LogP contribution in [0.2, 0.25) is 0 Å². The van der Waals surface area contributed by atoms with Crippen LogP contribution in [0.25, 0.3) is 0 Å². The van der Waals surface area contributed by atoms with Crippen LogP contribution in [-0.4, -0.2) is 35.2 Å². The van der Waals surface area contributed by atoms with E-state index in [2.05, 4.69) is 11.8 Å². The molecule has 1 saturated heterocycles. The summed E-state index contributed by atoms with van der Waals surface area (Å²) in [7, 11) is 0. The van der Waals surface area contributed by atoms with Crippen LogP contribution in [0.1, 0.15) is 33.6 Å². The molecule has 72 valence electrons. The summed E-state index contributed by atoms with van der Waals surface area (Å²) in [6.07, 6.45) is 2.21. The molecule has 0 amide bonds.